The lowest BCUT2D eigenvalue weighted by atomic mass is 10.0. The smallest absolute Gasteiger partial charge is 0.133 e. The second kappa shape index (κ2) is 3.38. The van der Waals surface area contributed by atoms with E-state index >= 15 is 0 Å². The quantitative estimate of drug-likeness (QED) is 0.567. The van der Waals surface area contributed by atoms with Crippen molar-refractivity contribution in [2.75, 3.05) is 0 Å². The first-order valence-electron chi connectivity index (χ1n) is 2.87. The highest BCUT2D eigenvalue weighted by Gasteiger charge is 2.08. The van der Waals surface area contributed by atoms with Crippen LogP contribution in [0.5, 0.6) is 0 Å². The van der Waals surface area contributed by atoms with Crippen molar-refractivity contribution in [1.82, 2.24) is 0 Å². The molecule has 0 aromatic rings. The highest BCUT2D eigenvalue weighted by Crippen LogP contribution is 2.01. The molecule has 0 saturated heterocycles. The van der Waals surface area contributed by atoms with Gasteiger partial charge in [0.2, 0.25) is 0 Å². The van der Waals surface area contributed by atoms with Gasteiger partial charge in [0.25, 0.3) is 0 Å². The molecule has 0 aliphatic carbocycles. The van der Waals surface area contributed by atoms with E-state index in [0.717, 1.165) is 0 Å². The molecule has 0 saturated carbocycles. The molecule has 0 aromatic heterocycles. The van der Waals surface area contributed by atoms with Crippen LogP contribution >= 0.6 is 0 Å². The highest BCUT2D eigenvalue weighted by molar-refractivity contribution is 5.85. The summed E-state index contributed by atoms with van der Waals surface area (Å²) < 4.78 is 0. The van der Waals surface area contributed by atoms with Crippen LogP contribution in [0.25, 0.3) is 0 Å². The Hall–Kier alpha value is -0.660. The zero-order valence-electron chi connectivity index (χ0n) is 5.81. The monoisotopic (exact) mass is 127 g/mol. The fourth-order valence-electron chi connectivity index (χ4n) is 0.491. The second-order valence-corrected chi connectivity index (χ2v) is 2.21. The SMILES string of the molecule is [CH2]C(CC(C)=O)C(C)=O. The van der Waals surface area contributed by atoms with E-state index in [1.165, 1.54) is 13.8 Å². The van der Waals surface area contributed by atoms with Gasteiger partial charge in [0.15, 0.2) is 0 Å². The average molecular weight is 127 g/mol. The van der Waals surface area contributed by atoms with Gasteiger partial charge < -0.3 is 4.79 Å². The minimum absolute atomic E-state index is 0.0187. The average Bonchev–Trinajstić information content (AvgIpc) is 1.63. The Morgan fingerprint density at radius 2 is 1.89 bits per heavy atom. The van der Waals surface area contributed by atoms with E-state index in [-0.39, 0.29) is 23.9 Å². The molecule has 0 spiro atoms. The summed E-state index contributed by atoms with van der Waals surface area (Å²) in [5.74, 6) is -0.349. The third kappa shape index (κ3) is 3.88. The normalized spacial score (nSPS) is 12.8. The fourth-order valence-corrected chi connectivity index (χ4v) is 0.491. The van der Waals surface area contributed by atoms with Gasteiger partial charge in [0.05, 0.1) is 0 Å². The zero-order chi connectivity index (χ0) is 7.44. The topological polar surface area (TPSA) is 34.1 Å². The molecule has 1 radical (unpaired) electrons. The molecule has 0 aromatic carbocycles. The lowest BCUT2D eigenvalue weighted by Crippen LogP contribution is -2.10. The summed E-state index contributed by atoms with van der Waals surface area (Å²) in [5, 5.41) is 0. The molecule has 1 atom stereocenters. The number of rotatable bonds is 3. The Labute approximate surface area is 55.3 Å². The third-order valence-electron chi connectivity index (χ3n) is 1.11. The molecule has 9 heavy (non-hydrogen) atoms. The van der Waals surface area contributed by atoms with Gasteiger partial charge in [0.1, 0.15) is 11.6 Å². The predicted octanol–water partition coefficient (Wildman–Crippen LogP) is 1.00. The van der Waals surface area contributed by atoms with Crippen LogP contribution in [0.3, 0.4) is 0 Å². The minimum Gasteiger partial charge on any atom is -0.300 e. The second-order valence-electron chi connectivity index (χ2n) is 2.21. The number of carbonyl (C=O) groups excluding carboxylic acids is 2. The summed E-state index contributed by atoms with van der Waals surface area (Å²) in [5.41, 5.74) is 0. The van der Waals surface area contributed by atoms with Crippen molar-refractivity contribution in [1.29, 1.82) is 0 Å². The van der Waals surface area contributed by atoms with Crippen molar-refractivity contribution >= 4 is 11.6 Å². The number of hydrogen-bond acceptors (Lipinski definition) is 2. The van der Waals surface area contributed by atoms with Crippen molar-refractivity contribution < 1.29 is 9.59 Å². The lowest BCUT2D eigenvalue weighted by molar-refractivity contribution is -0.124. The fraction of sp³-hybridized carbons (Fsp3) is 0.571. The Balaban J connectivity index is 3.63. The van der Waals surface area contributed by atoms with Crippen LogP contribution in [-0.2, 0) is 9.59 Å². The van der Waals surface area contributed by atoms with Gasteiger partial charge in [-0.2, -0.15) is 0 Å². The first-order chi connectivity index (χ1) is 4.04. The Bertz CT molecular complexity index is 127. The maximum Gasteiger partial charge on any atom is 0.133 e. The van der Waals surface area contributed by atoms with Crippen molar-refractivity contribution in [2.45, 2.75) is 20.3 Å². The summed E-state index contributed by atoms with van der Waals surface area (Å²) in [6.45, 7) is 6.41. The predicted molar refractivity (Wildman–Crippen MR) is 34.8 cm³/mol. The van der Waals surface area contributed by atoms with E-state index in [9.17, 15) is 9.59 Å². The molecule has 0 amide bonds. The van der Waals surface area contributed by atoms with Crippen molar-refractivity contribution in [3.05, 3.63) is 6.92 Å². The van der Waals surface area contributed by atoms with Gasteiger partial charge in [-0.3, -0.25) is 4.79 Å². The summed E-state index contributed by atoms with van der Waals surface area (Å²) in [6, 6.07) is 0. The number of hydrogen-bond donors (Lipinski definition) is 0. The van der Waals surface area contributed by atoms with Crippen molar-refractivity contribution in [3.8, 4) is 0 Å². The summed E-state index contributed by atoms with van der Waals surface area (Å²) in [6.07, 6.45) is 0.273. The molecule has 0 bridgehead atoms. The molecule has 1 unspecified atom stereocenters. The van der Waals surface area contributed by atoms with E-state index in [0.29, 0.717) is 0 Å². The van der Waals surface area contributed by atoms with E-state index in [1.54, 1.807) is 0 Å². The highest BCUT2D eigenvalue weighted by atomic mass is 16.1. The van der Waals surface area contributed by atoms with Gasteiger partial charge in [-0.05, 0) is 20.8 Å². The summed E-state index contributed by atoms with van der Waals surface area (Å²) in [7, 11) is 0. The maximum absolute atomic E-state index is 10.5. The van der Waals surface area contributed by atoms with Crippen LogP contribution in [0.4, 0.5) is 0 Å². The van der Waals surface area contributed by atoms with Gasteiger partial charge in [0, 0.05) is 12.3 Å². The molecular weight excluding hydrogens is 116 g/mol. The van der Waals surface area contributed by atoms with Crippen molar-refractivity contribution in [2.24, 2.45) is 5.92 Å². The Kier molecular flexibility index (Phi) is 3.13. The lowest BCUT2D eigenvalue weighted by Gasteiger charge is -2.01. The first-order valence-corrected chi connectivity index (χ1v) is 2.87. The van der Waals surface area contributed by atoms with E-state index in [2.05, 4.69) is 6.92 Å². The van der Waals surface area contributed by atoms with Crippen molar-refractivity contribution in [3.63, 3.8) is 0 Å². The minimum atomic E-state index is -0.345. The molecule has 0 fully saturated rings. The van der Waals surface area contributed by atoms with Crippen LogP contribution in [0.15, 0.2) is 0 Å². The molecule has 2 nitrogen and oxygen atoms in total. The Morgan fingerprint density at radius 1 is 1.44 bits per heavy atom. The van der Waals surface area contributed by atoms with Crippen LogP contribution in [0.2, 0.25) is 0 Å². The summed E-state index contributed by atoms with van der Waals surface area (Å²) in [4.78, 5) is 20.8. The van der Waals surface area contributed by atoms with Crippen LogP contribution in [0.1, 0.15) is 20.3 Å². The Morgan fingerprint density at radius 3 is 2.00 bits per heavy atom. The zero-order valence-corrected chi connectivity index (χ0v) is 5.81. The molecule has 0 heterocycles. The molecule has 0 rings (SSSR count). The number of ketones is 2. The molecule has 2 heteroatoms. The van der Waals surface area contributed by atoms with Gasteiger partial charge in [-0.25, -0.2) is 0 Å². The standard InChI is InChI=1S/C7H11O2/c1-5(7(3)9)4-6(2)8/h5H,1,4H2,2-3H3. The molecule has 0 N–H and O–H groups in total. The van der Waals surface area contributed by atoms with Crippen LogP contribution in [-0.4, -0.2) is 11.6 Å². The first kappa shape index (κ1) is 8.34. The van der Waals surface area contributed by atoms with Crippen LogP contribution in [0, 0.1) is 12.8 Å². The van der Waals surface area contributed by atoms with E-state index in [4.69, 9.17) is 0 Å². The largest absolute Gasteiger partial charge is 0.300 e. The van der Waals surface area contributed by atoms with E-state index < -0.39 is 0 Å². The molecule has 0 aliphatic heterocycles. The van der Waals surface area contributed by atoms with Gasteiger partial charge >= 0.3 is 0 Å². The van der Waals surface area contributed by atoms with Crippen LogP contribution < -0.4 is 0 Å². The third-order valence-corrected chi connectivity index (χ3v) is 1.11. The van der Waals surface area contributed by atoms with Gasteiger partial charge in [-0.1, -0.05) is 0 Å². The van der Waals surface area contributed by atoms with Gasteiger partial charge in [-0.15, -0.1) is 0 Å². The number of Topliss-reactive ketones (excluding diaryl/α,β-unsaturated/α-hetero) is 2. The summed E-state index contributed by atoms with van der Waals surface area (Å²) >= 11 is 0. The molecular formula is C7H11O2. The van der Waals surface area contributed by atoms with E-state index in [1.807, 2.05) is 0 Å². The molecule has 0 aliphatic rings. The number of carbonyl (C=O) groups is 2. The molecule has 51 valence electrons. The maximum atomic E-state index is 10.5.